The Hall–Kier alpha value is -1.77. The Labute approximate surface area is 139 Å². The molecule has 0 radical (unpaired) electrons. The van der Waals surface area contributed by atoms with Gasteiger partial charge in [-0.15, -0.1) is 11.3 Å². The van der Waals surface area contributed by atoms with Gasteiger partial charge < -0.3 is 4.74 Å². The smallest absolute Gasteiger partial charge is 0.357 e. The second-order valence-electron chi connectivity index (χ2n) is 4.77. The van der Waals surface area contributed by atoms with Gasteiger partial charge in [0.2, 0.25) is 10.0 Å². The van der Waals surface area contributed by atoms with Gasteiger partial charge in [-0.3, -0.25) is 0 Å². The minimum atomic E-state index is -3.59. The molecule has 0 atom stereocenters. The van der Waals surface area contributed by atoms with Crippen molar-refractivity contribution in [1.29, 1.82) is 0 Å². The Morgan fingerprint density at radius 1 is 1.30 bits per heavy atom. The number of hydrogen-bond donors (Lipinski definition) is 0. The van der Waals surface area contributed by atoms with Crippen molar-refractivity contribution in [3.05, 3.63) is 46.4 Å². The fourth-order valence-corrected chi connectivity index (χ4v) is 4.38. The summed E-state index contributed by atoms with van der Waals surface area (Å²) in [5, 5.41) is 2.12. The van der Waals surface area contributed by atoms with Crippen molar-refractivity contribution >= 4 is 27.3 Å². The van der Waals surface area contributed by atoms with Gasteiger partial charge in [0.1, 0.15) is 5.01 Å². The predicted octanol–water partition coefficient (Wildman–Crippen LogP) is 2.53. The quantitative estimate of drug-likeness (QED) is 0.714. The van der Waals surface area contributed by atoms with E-state index in [1.807, 2.05) is 6.92 Å². The maximum Gasteiger partial charge on any atom is 0.357 e. The number of rotatable bonds is 7. The average molecular weight is 354 g/mol. The van der Waals surface area contributed by atoms with Gasteiger partial charge in [0.15, 0.2) is 5.69 Å². The summed E-state index contributed by atoms with van der Waals surface area (Å²) in [6, 6.07) is 8.29. The number of sulfonamides is 1. The molecule has 2 aromatic rings. The molecule has 0 saturated carbocycles. The second kappa shape index (κ2) is 7.67. The summed E-state index contributed by atoms with van der Waals surface area (Å²) in [6.07, 6.45) is 0.682. The van der Waals surface area contributed by atoms with E-state index in [1.165, 1.54) is 22.8 Å². The van der Waals surface area contributed by atoms with Crippen LogP contribution in [0, 0.1) is 0 Å². The molecule has 6 nitrogen and oxygen atoms in total. The van der Waals surface area contributed by atoms with E-state index in [4.69, 9.17) is 0 Å². The molecule has 8 heteroatoms. The third kappa shape index (κ3) is 4.15. The van der Waals surface area contributed by atoms with E-state index in [2.05, 4.69) is 9.72 Å². The summed E-state index contributed by atoms with van der Waals surface area (Å²) < 4.78 is 31.5. The van der Waals surface area contributed by atoms with Crippen molar-refractivity contribution in [2.45, 2.75) is 24.8 Å². The van der Waals surface area contributed by atoms with Crippen molar-refractivity contribution < 1.29 is 17.9 Å². The molecule has 1 aromatic carbocycles. The van der Waals surface area contributed by atoms with Gasteiger partial charge in [-0.25, -0.2) is 18.2 Å². The fourth-order valence-electron chi connectivity index (χ4n) is 2.01. The van der Waals surface area contributed by atoms with Crippen LogP contribution in [0.25, 0.3) is 0 Å². The Kier molecular flexibility index (Phi) is 5.86. The van der Waals surface area contributed by atoms with Gasteiger partial charge in [0.05, 0.1) is 18.6 Å². The molecule has 0 bridgehead atoms. The van der Waals surface area contributed by atoms with Crippen LogP contribution in [-0.2, 0) is 21.3 Å². The number of aromatic nitrogens is 1. The molecular formula is C15H18N2O4S2. The number of benzene rings is 1. The largest absolute Gasteiger partial charge is 0.464 e. The van der Waals surface area contributed by atoms with Crippen LogP contribution in [-0.4, -0.2) is 37.3 Å². The molecule has 124 valence electrons. The average Bonchev–Trinajstić information content (AvgIpc) is 3.03. The lowest BCUT2D eigenvalue weighted by Gasteiger charge is -2.20. The molecular weight excluding hydrogens is 336 g/mol. The molecule has 0 aliphatic carbocycles. The molecule has 23 heavy (non-hydrogen) atoms. The van der Waals surface area contributed by atoms with Gasteiger partial charge in [-0.1, -0.05) is 25.1 Å². The molecule has 1 heterocycles. The summed E-state index contributed by atoms with van der Waals surface area (Å²) in [5.41, 5.74) is 0.195. The Morgan fingerprint density at radius 3 is 2.61 bits per heavy atom. The Morgan fingerprint density at radius 2 is 2.00 bits per heavy atom. The molecule has 0 unspecified atom stereocenters. The first kappa shape index (κ1) is 17.6. The summed E-state index contributed by atoms with van der Waals surface area (Å²) in [4.78, 5) is 15.8. The monoisotopic (exact) mass is 354 g/mol. The van der Waals surface area contributed by atoms with Crippen LogP contribution < -0.4 is 0 Å². The first-order valence-electron chi connectivity index (χ1n) is 7.07. The van der Waals surface area contributed by atoms with Crippen molar-refractivity contribution in [1.82, 2.24) is 9.29 Å². The number of thiazole rings is 1. The van der Waals surface area contributed by atoms with E-state index in [9.17, 15) is 13.2 Å². The normalized spacial score (nSPS) is 11.6. The minimum absolute atomic E-state index is 0.132. The van der Waals surface area contributed by atoms with Crippen LogP contribution in [0.2, 0.25) is 0 Å². The number of esters is 1. The topological polar surface area (TPSA) is 76.6 Å². The number of hydrogen-bond acceptors (Lipinski definition) is 6. The van der Waals surface area contributed by atoms with Crippen molar-refractivity contribution in [3.8, 4) is 0 Å². The third-order valence-electron chi connectivity index (χ3n) is 3.11. The van der Waals surface area contributed by atoms with E-state index in [1.54, 1.807) is 35.7 Å². The highest BCUT2D eigenvalue weighted by Gasteiger charge is 2.25. The highest BCUT2D eigenvalue weighted by Crippen LogP contribution is 2.20. The maximum atomic E-state index is 12.7. The van der Waals surface area contributed by atoms with Crippen molar-refractivity contribution in [3.63, 3.8) is 0 Å². The van der Waals surface area contributed by atoms with Crippen LogP contribution in [0.5, 0.6) is 0 Å². The summed E-state index contributed by atoms with van der Waals surface area (Å²) in [7, 11) is -2.31. The van der Waals surface area contributed by atoms with Gasteiger partial charge >= 0.3 is 5.97 Å². The van der Waals surface area contributed by atoms with Gasteiger partial charge in [-0.2, -0.15) is 4.31 Å². The fraction of sp³-hybridized carbons (Fsp3) is 0.333. The van der Waals surface area contributed by atoms with Crippen molar-refractivity contribution in [2.24, 2.45) is 0 Å². The lowest BCUT2D eigenvalue weighted by Crippen LogP contribution is -2.31. The highest BCUT2D eigenvalue weighted by atomic mass is 32.2. The van der Waals surface area contributed by atoms with E-state index >= 15 is 0 Å². The van der Waals surface area contributed by atoms with Crippen LogP contribution in [0.15, 0.2) is 40.6 Å². The molecule has 0 saturated heterocycles. The second-order valence-corrected chi connectivity index (χ2v) is 7.65. The standard InChI is InChI=1S/C15H18N2O4S2/c1-3-9-17(23(19,20)12-7-5-4-6-8-12)10-14-16-13(11-22-14)15(18)21-2/h4-8,11H,3,9-10H2,1-2H3. The van der Waals surface area contributed by atoms with Crippen molar-refractivity contribution in [2.75, 3.05) is 13.7 Å². The van der Waals surface area contributed by atoms with Gasteiger partial charge in [0, 0.05) is 11.9 Å². The summed E-state index contributed by atoms with van der Waals surface area (Å²) in [6.45, 7) is 2.42. The number of methoxy groups -OCH3 is 1. The zero-order valence-corrected chi connectivity index (χ0v) is 14.6. The van der Waals surface area contributed by atoms with E-state index < -0.39 is 16.0 Å². The number of carbonyl (C=O) groups is 1. The van der Waals surface area contributed by atoms with E-state index in [0.717, 1.165) is 0 Å². The first-order valence-corrected chi connectivity index (χ1v) is 9.39. The molecule has 0 N–H and O–H groups in total. The summed E-state index contributed by atoms with van der Waals surface area (Å²) >= 11 is 1.24. The zero-order chi connectivity index (χ0) is 16.9. The number of nitrogens with zero attached hydrogens (tertiary/aromatic N) is 2. The predicted molar refractivity (Wildman–Crippen MR) is 87.8 cm³/mol. The minimum Gasteiger partial charge on any atom is -0.464 e. The number of ether oxygens (including phenoxy) is 1. The first-order chi connectivity index (χ1) is 11.0. The molecule has 0 amide bonds. The molecule has 0 spiro atoms. The van der Waals surface area contributed by atoms with Crippen LogP contribution in [0.1, 0.15) is 28.8 Å². The van der Waals surface area contributed by atoms with E-state index in [-0.39, 0.29) is 17.1 Å². The van der Waals surface area contributed by atoms with Crippen LogP contribution in [0.4, 0.5) is 0 Å². The molecule has 1 aromatic heterocycles. The SMILES string of the molecule is CCCN(Cc1nc(C(=O)OC)cs1)S(=O)(=O)c1ccccc1. The zero-order valence-electron chi connectivity index (χ0n) is 12.9. The maximum absolute atomic E-state index is 12.7. The highest BCUT2D eigenvalue weighted by molar-refractivity contribution is 7.89. The molecule has 0 aliphatic rings. The lowest BCUT2D eigenvalue weighted by molar-refractivity contribution is 0.0594. The summed E-state index contributed by atoms with van der Waals surface area (Å²) in [5.74, 6) is -0.527. The van der Waals surface area contributed by atoms with Gasteiger partial charge in [-0.05, 0) is 18.6 Å². The third-order valence-corrected chi connectivity index (χ3v) is 5.80. The van der Waals surface area contributed by atoms with E-state index in [0.29, 0.717) is 18.0 Å². The molecule has 0 fully saturated rings. The van der Waals surface area contributed by atoms with Crippen LogP contribution in [0.3, 0.4) is 0 Å². The van der Waals surface area contributed by atoms with Crippen LogP contribution >= 0.6 is 11.3 Å². The Balaban J connectivity index is 2.25. The number of carbonyl (C=O) groups excluding carboxylic acids is 1. The van der Waals surface area contributed by atoms with Gasteiger partial charge in [0.25, 0.3) is 0 Å². The molecule has 2 rings (SSSR count). The lowest BCUT2D eigenvalue weighted by atomic mass is 10.4. The molecule has 0 aliphatic heterocycles. The Bertz CT molecular complexity index is 757.